The van der Waals surface area contributed by atoms with Crippen LogP contribution in [0.25, 0.3) is 0 Å². The monoisotopic (exact) mass is 289 g/mol. The fourth-order valence-electron chi connectivity index (χ4n) is 2.89. The Hall–Kier alpha value is -2.61. The van der Waals surface area contributed by atoms with E-state index in [2.05, 4.69) is 54.4 Å². The van der Waals surface area contributed by atoms with Crippen LogP contribution in [-0.4, -0.2) is 12.1 Å². The van der Waals surface area contributed by atoms with Crippen molar-refractivity contribution in [2.24, 2.45) is 0 Å². The van der Waals surface area contributed by atoms with Crippen molar-refractivity contribution in [1.82, 2.24) is 4.98 Å². The van der Waals surface area contributed by atoms with E-state index in [0.717, 1.165) is 11.3 Å². The minimum absolute atomic E-state index is 0.117. The first-order chi connectivity index (χ1) is 10.8. The largest absolute Gasteiger partial charge is 0.496 e. The Bertz CT molecular complexity index is 752. The summed E-state index contributed by atoms with van der Waals surface area (Å²) in [6.45, 7) is 2.15. The number of methoxy groups -OCH3 is 1. The first kappa shape index (κ1) is 14.3. The summed E-state index contributed by atoms with van der Waals surface area (Å²) in [5, 5.41) is 0. The van der Waals surface area contributed by atoms with Gasteiger partial charge in [-0.05, 0) is 35.7 Å². The first-order valence-corrected chi connectivity index (χ1v) is 7.39. The van der Waals surface area contributed by atoms with E-state index in [-0.39, 0.29) is 5.92 Å². The highest BCUT2D eigenvalue weighted by Crippen LogP contribution is 2.37. The Morgan fingerprint density at radius 1 is 0.864 bits per heavy atom. The van der Waals surface area contributed by atoms with Crippen LogP contribution in [0.2, 0.25) is 0 Å². The third-order valence-corrected chi connectivity index (χ3v) is 3.97. The van der Waals surface area contributed by atoms with Crippen LogP contribution < -0.4 is 4.74 Å². The van der Waals surface area contributed by atoms with E-state index in [0.29, 0.717) is 0 Å². The number of para-hydroxylation sites is 1. The number of benzene rings is 2. The molecule has 1 heterocycles. The predicted molar refractivity (Wildman–Crippen MR) is 89.4 cm³/mol. The lowest BCUT2D eigenvalue weighted by Gasteiger charge is -2.22. The normalized spacial score (nSPS) is 11.9. The highest BCUT2D eigenvalue weighted by Gasteiger charge is 2.21. The molecule has 3 rings (SSSR count). The van der Waals surface area contributed by atoms with Crippen molar-refractivity contribution in [3.05, 3.63) is 95.3 Å². The summed E-state index contributed by atoms with van der Waals surface area (Å²) in [7, 11) is 1.72. The molecule has 1 unspecified atom stereocenters. The van der Waals surface area contributed by atoms with Gasteiger partial charge in [0.25, 0.3) is 0 Å². The smallest absolute Gasteiger partial charge is 0.123 e. The van der Waals surface area contributed by atoms with Crippen LogP contribution in [0.3, 0.4) is 0 Å². The van der Waals surface area contributed by atoms with Crippen LogP contribution in [-0.2, 0) is 0 Å². The summed E-state index contributed by atoms with van der Waals surface area (Å²) in [6, 6.07) is 20.8. The second-order valence-electron chi connectivity index (χ2n) is 5.32. The lowest BCUT2D eigenvalue weighted by molar-refractivity contribution is 0.409. The molecule has 1 aromatic heterocycles. The second-order valence-corrected chi connectivity index (χ2v) is 5.32. The van der Waals surface area contributed by atoms with Gasteiger partial charge in [-0.25, -0.2) is 0 Å². The standard InChI is InChI=1S/C20H19NO/c1-15-8-3-4-10-17(15)20(16-9-7-13-21-14-16)18-11-5-6-12-19(18)22-2/h3-14,20H,1-2H3. The zero-order valence-corrected chi connectivity index (χ0v) is 12.9. The lowest BCUT2D eigenvalue weighted by atomic mass is 9.83. The quantitative estimate of drug-likeness (QED) is 0.701. The molecule has 2 heteroatoms. The van der Waals surface area contributed by atoms with Gasteiger partial charge in [0, 0.05) is 23.9 Å². The Labute approximate surface area is 131 Å². The summed E-state index contributed by atoms with van der Waals surface area (Å²) in [6.07, 6.45) is 3.74. The Morgan fingerprint density at radius 3 is 2.27 bits per heavy atom. The maximum atomic E-state index is 5.59. The molecule has 0 amide bonds. The van der Waals surface area contributed by atoms with Gasteiger partial charge in [0.05, 0.1) is 7.11 Å². The fraction of sp³-hybridized carbons (Fsp3) is 0.150. The zero-order valence-electron chi connectivity index (χ0n) is 12.9. The number of aryl methyl sites for hydroxylation is 1. The Morgan fingerprint density at radius 2 is 1.59 bits per heavy atom. The maximum absolute atomic E-state index is 5.59. The molecule has 0 N–H and O–H groups in total. The van der Waals surface area contributed by atoms with Gasteiger partial charge in [-0.15, -0.1) is 0 Å². The summed E-state index contributed by atoms with van der Waals surface area (Å²) < 4.78 is 5.59. The molecule has 1 atom stereocenters. The van der Waals surface area contributed by atoms with Gasteiger partial charge >= 0.3 is 0 Å². The molecule has 2 aromatic carbocycles. The third kappa shape index (κ3) is 2.73. The van der Waals surface area contributed by atoms with Crippen molar-refractivity contribution in [1.29, 1.82) is 0 Å². The third-order valence-electron chi connectivity index (χ3n) is 3.97. The molecule has 0 saturated carbocycles. The van der Waals surface area contributed by atoms with E-state index in [1.54, 1.807) is 13.3 Å². The number of nitrogens with zero attached hydrogens (tertiary/aromatic N) is 1. The number of rotatable bonds is 4. The number of hydrogen-bond acceptors (Lipinski definition) is 2. The minimum Gasteiger partial charge on any atom is -0.496 e. The van der Waals surface area contributed by atoms with E-state index in [9.17, 15) is 0 Å². The summed E-state index contributed by atoms with van der Waals surface area (Å²) >= 11 is 0. The number of ether oxygens (including phenoxy) is 1. The molecule has 0 bridgehead atoms. The maximum Gasteiger partial charge on any atom is 0.123 e. The zero-order chi connectivity index (χ0) is 15.4. The van der Waals surface area contributed by atoms with Crippen molar-refractivity contribution in [2.45, 2.75) is 12.8 Å². The van der Waals surface area contributed by atoms with Gasteiger partial charge < -0.3 is 4.74 Å². The molecule has 0 aliphatic heterocycles. The van der Waals surface area contributed by atoms with Crippen molar-refractivity contribution in [2.75, 3.05) is 7.11 Å². The molecular weight excluding hydrogens is 270 g/mol. The Balaban J connectivity index is 2.22. The van der Waals surface area contributed by atoms with Gasteiger partial charge in [0.1, 0.15) is 5.75 Å². The lowest BCUT2D eigenvalue weighted by Crippen LogP contribution is -2.07. The van der Waals surface area contributed by atoms with E-state index in [1.807, 2.05) is 24.4 Å². The van der Waals surface area contributed by atoms with E-state index >= 15 is 0 Å². The number of pyridine rings is 1. The molecule has 22 heavy (non-hydrogen) atoms. The second kappa shape index (κ2) is 6.44. The van der Waals surface area contributed by atoms with Crippen molar-refractivity contribution in [3.63, 3.8) is 0 Å². The van der Waals surface area contributed by atoms with Gasteiger partial charge in [-0.1, -0.05) is 48.5 Å². The molecule has 0 spiro atoms. The van der Waals surface area contributed by atoms with Crippen molar-refractivity contribution < 1.29 is 4.74 Å². The van der Waals surface area contributed by atoms with E-state index in [1.165, 1.54) is 16.7 Å². The van der Waals surface area contributed by atoms with Crippen LogP contribution in [0.1, 0.15) is 28.2 Å². The highest BCUT2D eigenvalue weighted by atomic mass is 16.5. The van der Waals surface area contributed by atoms with Crippen LogP contribution in [0.15, 0.2) is 73.1 Å². The average Bonchev–Trinajstić information content (AvgIpc) is 2.58. The van der Waals surface area contributed by atoms with Crippen LogP contribution >= 0.6 is 0 Å². The van der Waals surface area contributed by atoms with Crippen LogP contribution in [0.5, 0.6) is 5.75 Å². The molecular formula is C20H19NO. The number of aromatic nitrogens is 1. The van der Waals surface area contributed by atoms with E-state index < -0.39 is 0 Å². The number of hydrogen-bond donors (Lipinski definition) is 0. The molecule has 3 aromatic rings. The van der Waals surface area contributed by atoms with Crippen molar-refractivity contribution in [3.8, 4) is 5.75 Å². The van der Waals surface area contributed by atoms with Gasteiger partial charge in [0.2, 0.25) is 0 Å². The molecule has 0 radical (unpaired) electrons. The van der Waals surface area contributed by atoms with Gasteiger partial charge in [-0.2, -0.15) is 0 Å². The molecule has 0 saturated heterocycles. The SMILES string of the molecule is COc1ccccc1C(c1cccnc1)c1ccccc1C. The van der Waals surface area contributed by atoms with E-state index in [4.69, 9.17) is 4.74 Å². The molecule has 0 fully saturated rings. The Kier molecular flexibility index (Phi) is 4.19. The highest BCUT2D eigenvalue weighted by molar-refractivity contribution is 5.50. The fourth-order valence-corrected chi connectivity index (χ4v) is 2.89. The summed E-state index contributed by atoms with van der Waals surface area (Å²) in [5.41, 5.74) is 4.87. The first-order valence-electron chi connectivity index (χ1n) is 7.39. The van der Waals surface area contributed by atoms with Gasteiger partial charge in [-0.3, -0.25) is 4.98 Å². The predicted octanol–water partition coefficient (Wildman–Crippen LogP) is 4.58. The average molecular weight is 289 g/mol. The topological polar surface area (TPSA) is 22.1 Å². The van der Waals surface area contributed by atoms with Gasteiger partial charge in [0.15, 0.2) is 0 Å². The molecule has 110 valence electrons. The molecule has 0 aliphatic carbocycles. The summed E-state index contributed by atoms with van der Waals surface area (Å²) in [5.74, 6) is 1.02. The summed E-state index contributed by atoms with van der Waals surface area (Å²) in [4.78, 5) is 4.30. The van der Waals surface area contributed by atoms with Crippen LogP contribution in [0, 0.1) is 6.92 Å². The minimum atomic E-state index is 0.117. The van der Waals surface area contributed by atoms with Crippen molar-refractivity contribution >= 4 is 0 Å². The molecule has 0 aliphatic rings. The molecule has 2 nitrogen and oxygen atoms in total. The van der Waals surface area contributed by atoms with Crippen LogP contribution in [0.4, 0.5) is 0 Å².